The first-order valence-corrected chi connectivity index (χ1v) is 9.49. The van der Waals surface area contributed by atoms with Gasteiger partial charge >= 0.3 is 0 Å². The maximum absolute atomic E-state index is 5.23. The van der Waals surface area contributed by atoms with Crippen LogP contribution in [0, 0.1) is 0 Å². The second kappa shape index (κ2) is 10.9. The summed E-state index contributed by atoms with van der Waals surface area (Å²) in [5.41, 5.74) is 3.84. The van der Waals surface area contributed by atoms with Crippen LogP contribution in [-0.4, -0.2) is 12.6 Å². The van der Waals surface area contributed by atoms with Gasteiger partial charge in [-0.05, 0) is 11.1 Å². The highest BCUT2D eigenvalue weighted by Crippen LogP contribution is 2.15. The van der Waals surface area contributed by atoms with Crippen LogP contribution < -0.4 is 0 Å². The lowest BCUT2D eigenvalue weighted by Crippen LogP contribution is -2.16. The van der Waals surface area contributed by atoms with Gasteiger partial charge in [0.2, 0.25) is 0 Å². The van der Waals surface area contributed by atoms with Crippen molar-refractivity contribution in [1.29, 1.82) is 0 Å². The topological polar surface area (TPSA) is 12.4 Å². The highest BCUT2D eigenvalue weighted by molar-refractivity contribution is 6.58. The molecule has 24 heavy (non-hydrogen) atoms. The van der Waals surface area contributed by atoms with Gasteiger partial charge in [0.1, 0.15) is 0 Å². The van der Waals surface area contributed by atoms with E-state index in [4.69, 9.17) is 4.90 Å². The molecule has 0 saturated carbocycles. The zero-order valence-corrected chi connectivity index (χ0v) is 15.2. The molecule has 2 heteroatoms. The molecule has 0 heterocycles. The fourth-order valence-electron chi connectivity index (χ4n) is 3.02. The van der Waals surface area contributed by atoms with E-state index in [9.17, 15) is 0 Å². The molecule has 0 aromatic heterocycles. The third-order valence-electron chi connectivity index (χ3n) is 4.44. The van der Waals surface area contributed by atoms with E-state index in [1.165, 1.54) is 55.2 Å². The summed E-state index contributed by atoms with van der Waals surface area (Å²) in [5, 5.41) is 0. The Balaban J connectivity index is 2.24. The lowest BCUT2D eigenvalue weighted by molar-refractivity contribution is 0.839. The molecule has 0 radical (unpaired) electrons. The molecule has 0 bridgehead atoms. The van der Waals surface area contributed by atoms with Gasteiger partial charge in [0.25, 0.3) is 6.85 Å². The standard InChI is InChI=1S/C22H30BN/c1-3-5-17-23(18-6-4-2)24-22(21-15-11-8-12-16-21)19-20-13-9-7-10-14-20/h7-16H,3-6,17-19H2,1-2H3. The van der Waals surface area contributed by atoms with Crippen LogP contribution in [0.1, 0.15) is 50.7 Å². The molecule has 2 rings (SSSR count). The predicted molar refractivity (Wildman–Crippen MR) is 108 cm³/mol. The van der Waals surface area contributed by atoms with E-state index in [-0.39, 0.29) is 0 Å². The third-order valence-corrected chi connectivity index (χ3v) is 4.44. The predicted octanol–water partition coefficient (Wildman–Crippen LogP) is 6.31. The largest absolute Gasteiger partial charge is 0.345 e. The Morgan fingerprint density at radius 1 is 0.792 bits per heavy atom. The van der Waals surface area contributed by atoms with E-state index >= 15 is 0 Å². The van der Waals surface area contributed by atoms with Crippen molar-refractivity contribution < 1.29 is 0 Å². The number of hydrogen-bond acceptors (Lipinski definition) is 1. The first-order valence-electron chi connectivity index (χ1n) is 9.49. The summed E-state index contributed by atoms with van der Waals surface area (Å²) in [6, 6.07) is 21.4. The molecular formula is C22H30BN. The highest BCUT2D eigenvalue weighted by atomic mass is 14.7. The summed E-state index contributed by atoms with van der Waals surface area (Å²) in [6.45, 7) is 4.99. The van der Waals surface area contributed by atoms with Gasteiger partial charge in [-0.2, -0.15) is 0 Å². The van der Waals surface area contributed by atoms with Gasteiger partial charge in [0, 0.05) is 12.1 Å². The smallest absolute Gasteiger partial charge is 0.279 e. The number of hydrogen-bond donors (Lipinski definition) is 0. The zero-order valence-electron chi connectivity index (χ0n) is 15.2. The molecular weight excluding hydrogens is 289 g/mol. The van der Waals surface area contributed by atoms with Crippen LogP contribution in [0.5, 0.6) is 0 Å². The molecule has 0 atom stereocenters. The average Bonchev–Trinajstić information content (AvgIpc) is 2.64. The minimum atomic E-state index is 0.462. The van der Waals surface area contributed by atoms with Gasteiger partial charge in [0.05, 0.1) is 0 Å². The fraction of sp³-hybridized carbons (Fsp3) is 0.409. The van der Waals surface area contributed by atoms with Gasteiger partial charge < -0.3 is 4.90 Å². The van der Waals surface area contributed by atoms with E-state index < -0.39 is 0 Å². The minimum absolute atomic E-state index is 0.462. The summed E-state index contributed by atoms with van der Waals surface area (Å²) in [6.07, 6.45) is 8.37. The average molecular weight is 319 g/mol. The Hall–Kier alpha value is -1.83. The Bertz CT molecular complexity index is 584. The van der Waals surface area contributed by atoms with Gasteiger partial charge in [-0.25, -0.2) is 0 Å². The molecule has 0 aliphatic carbocycles. The van der Waals surface area contributed by atoms with E-state index in [0.717, 1.165) is 6.42 Å². The lowest BCUT2D eigenvalue weighted by Gasteiger charge is -2.13. The Labute approximate surface area is 148 Å². The van der Waals surface area contributed by atoms with Crippen LogP contribution in [0.15, 0.2) is 65.6 Å². The van der Waals surface area contributed by atoms with Crippen molar-refractivity contribution in [2.75, 3.05) is 0 Å². The van der Waals surface area contributed by atoms with Crippen LogP contribution >= 0.6 is 0 Å². The van der Waals surface area contributed by atoms with E-state index in [0.29, 0.717) is 6.85 Å². The monoisotopic (exact) mass is 319 g/mol. The van der Waals surface area contributed by atoms with E-state index in [2.05, 4.69) is 74.5 Å². The van der Waals surface area contributed by atoms with Gasteiger partial charge in [-0.3, -0.25) is 0 Å². The molecule has 0 unspecified atom stereocenters. The maximum Gasteiger partial charge on any atom is 0.279 e. The number of nitrogens with zero attached hydrogens (tertiary/aromatic N) is 1. The van der Waals surface area contributed by atoms with Crippen molar-refractivity contribution in [2.45, 2.75) is 58.6 Å². The molecule has 0 fully saturated rings. The second-order valence-corrected chi connectivity index (χ2v) is 6.54. The number of rotatable bonds is 10. The van der Waals surface area contributed by atoms with Crippen LogP contribution in [-0.2, 0) is 6.42 Å². The normalized spacial score (nSPS) is 11.5. The molecule has 0 aliphatic rings. The van der Waals surface area contributed by atoms with Crippen molar-refractivity contribution in [1.82, 2.24) is 0 Å². The summed E-state index contributed by atoms with van der Waals surface area (Å²) < 4.78 is 0. The summed E-state index contributed by atoms with van der Waals surface area (Å²) >= 11 is 0. The third kappa shape index (κ3) is 6.35. The van der Waals surface area contributed by atoms with Crippen LogP contribution in [0.3, 0.4) is 0 Å². The summed E-state index contributed by atoms with van der Waals surface area (Å²) in [7, 11) is 0. The van der Waals surface area contributed by atoms with E-state index in [1.54, 1.807) is 0 Å². The first-order chi connectivity index (χ1) is 11.8. The molecule has 0 saturated heterocycles. The fourth-order valence-corrected chi connectivity index (χ4v) is 3.02. The lowest BCUT2D eigenvalue weighted by atomic mass is 9.55. The molecule has 1 nitrogen and oxygen atoms in total. The second-order valence-electron chi connectivity index (χ2n) is 6.54. The van der Waals surface area contributed by atoms with Crippen LogP contribution in [0.2, 0.25) is 12.6 Å². The van der Waals surface area contributed by atoms with Crippen molar-refractivity contribution in [2.24, 2.45) is 4.90 Å². The van der Waals surface area contributed by atoms with Crippen molar-refractivity contribution >= 4 is 12.6 Å². The van der Waals surface area contributed by atoms with Crippen molar-refractivity contribution in [3.8, 4) is 0 Å². The Morgan fingerprint density at radius 2 is 1.33 bits per heavy atom. The van der Waals surface area contributed by atoms with Gasteiger partial charge in [-0.15, -0.1) is 0 Å². The SMILES string of the molecule is CCCCB(CCCC)N=C(Cc1ccccc1)c1ccccc1. The van der Waals surface area contributed by atoms with E-state index in [1.807, 2.05) is 0 Å². The Morgan fingerprint density at radius 3 is 1.88 bits per heavy atom. The van der Waals surface area contributed by atoms with Crippen molar-refractivity contribution in [3.63, 3.8) is 0 Å². The minimum Gasteiger partial charge on any atom is -0.345 e. The van der Waals surface area contributed by atoms with Crippen LogP contribution in [0.25, 0.3) is 0 Å². The summed E-state index contributed by atoms with van der Waals surface area (Å²) in [4.78, 5) is 5.23. The number of benzene rings is 2. The van der Waals surface area contributed by atoms with Gasteiger partial charge in [0.15, 0.2) is 0 Å². The molecule has 2 aromatic carbocycles. The first kappa shape index (κ1) is 18.5. The van der Waals surface area contributed by atoms with Crippen LogP contribution in [0.4, 0.5) is 0 Å². The quantitative estimate of drug-likeness (QED) is 0.359. The molecule has 126 valence electrons. The maximum atomic E-state index is 5.23. The number of unbranched alkanes of at least 4 members (excludes halogenated alkanes) is 2. The molecule has 0 spiro atoms. The van der Waals surface area contributed by atoms with Gasteiger partial charge in [-0.1, -0.05) is 113 Å². The molecule has 0 amide bonds. The Kier molecular flexibility index (Phi) is 8.37. The summed E-state index contributed by atoms with van der Waals surface area (Å²) in [5.74, 6) is 0. The van der Waals surface area contributed by atoms with Crippen molar-refractivity contribution in [3.05, 3.63) is 71.8 Å². The highest BCUT2D eigenvalue weighted by Gasteiger charge is 2.14. The zero-order chi connectivity index (χ0) is 17.0. The molecule has 0 N–H and O–H groups in total. The molecule has 2 aromatic rings. The molecule has 0 aliphatic heterocycles.